The zero-order chi connectivity index (χ0) is 23.2. The van der Waals surface area contributed by atoms with Gasteiger partial charge in [0, 0.05) is 45.5 Å². The van der Waals surface area contributed by atoms with E-state index in [4.69, 9.17) is 4.74 Å². The molecule has 2 aliphatic rings. The van der Waals surface area contributed by atoms with E-state index in [2.05, 4.69) is 51.0 Å². The van der Waals surface area contributed by atoms with Gasteiger partial charge in [-0.25, -0.2) is 9.78 Å². The predicted octanol–water partition coefficient (Wildman–Crippen LogP) is 2.65. The second kappa shape index (κ2) is 10.4. The molecule has 4 rings (SSSR count). The predicted molar refractivity (Wildman–Crippen MR) is 126 cm³/mol. The van der Waals surface area contributed by atoms with Crippen molar-refractivity contribution in [2.45, 2.75) is 32.5 Å². The van der Waals surface area contributed by atoms with E-state index >= 15 is 0 Å². The van der Waals surface area contributed by atoms with Crippen LogP contribution in [0.5, 0.6) is 0 Å². The summed E-state index contributed by atoms with van der Waals surface area (Å²) in [5.74, 6) is 1.02. The Bertz CT molecular complexity index is 988. The number of amides is 2. The normalized spacial score (nSPS) is 18.8. The van der Waals surface area contributed by atoms with Crippen LogP contribution in [0.1, 0.15) is 24.5 Å². The highest BCUT2D eigenvalue weighted by molar-refractivity contribution is 5.89. The maximum absolute atomic E-state index is 12.1. The number of cyclic esters (lactones) is 1. The first kappa shape index (κ1) is 22.7. The van der Waals surface area contributed by atoms with Gasteiger partial charge in [-0.15, -0.1) is 0 Å². The van der Waals surface area contributed by atoms with Crippen molar-refractivity contribution in [2.24, 2.45) is 0 Å². The quantitative estimate of drug-likeness (QED) is 0.618. The minimum atomic E-state index is -0.365. The molecule has 0 bridgehead atoms. The molecule has 1 N–H and O–H groups in total. The van der Waals surface area contributed by atoms with Crippen molar-refractivity contribution in [3.63, 3.8) is 0 Å². The Hall–Kier alpha value is -3.46. The molecule has 0 saturated carbocycles. The standard InChI is InChI=1S/C24H30N6O3/c1-3-20-17-33-24(32)30(20)21-9-10-25-23(27-21)26-15-18-5-7-19(8-6-18)16-28-11-13-29(14-12-28)22(31)4-2/h4-10,20H,2-3,11-17H2,1H3,(H,25,26,27). The number of hydrogen-bond donors (Lipinski definition) is 1. The van der Waals surface area contributed by atoms with Crippen LogP contribution in [0.15, 0.2) is 49.2 Å². The van der Waals surface area contributed by atoms with Crippen LogP contribution in [0.4, 0.5) is 16.6 Å². The third-order valence-corrected chi connectivity index (χ3v) is 6.06. The lowest BCUT2D eigenvalue weighted by Gasteiger charge is -2.34. The zero-order valence-electron chi connectivity index (χ0n) is 18.9. The first-order chi connectivity index (χ1) is 16.1. The molecule has 33 heavy (non-hydrogen) atoms. The molecule has 1 unspecified atom stereocenters. The fourth-order valence-corrected chi connectivity index (χ4v) is 4.07. The van der Waals surface area contributed by atoms with E-state index in [9.17, 15) is 9.59 Å². The van der Waals surface area contributed by atoms with Crippen LogP contribution >= 0.6 is 0 Å². The molecule has 9 heteroatoms. The fourth-order valence-electron chi connectivity index (χ4n) is 4.07. The summed E-state index contributed by atoms with van der Waals surface area (Å²) in [5, 5.41) is 3.24. The topological polar surface area (TPSA) is 90.9 Å². The second-order valence-electron chi connectivity index (χ2n) is 8.22. The van der Waals surface area contributed by atoms with Gasteiger partial charge in [-0.05, 0) is 29.7 Å². The van der Waals surface area contributed by atoms with Gasteiger partial charge in [0.05, 0.1) is 6.04 Å². The van der Waals surface area contributed by atoms with Gasteiger partial charge in [0.25, 0.3) is 0 Å². The molecular formula is C24H30N6O3. The number of aromatic nitrogens is 2. The van der Waals surface area contributed by atoms with Gasteiger partial charge in [-0.1, -0.05) is 37.8 Å². The molecule has 3 heterocycles. The van der Waals surface area contributed by atoms with Crippen LogP contribution in [-0.2, 0) is 22.6 Å². The Morgan fingerprint density at radius 3 is 2.61 bits per heavy atom. The molecule has 2 aliphatic heterocycles. The monoisotopic (exact) mass is 450 g/mol. The number of ether oxygens (including phenoxy) is 1. The van der Waals surface area contributed by atoms with Crippen LogP contribution in [0.3, 0.4) is 0 Å². The number of carbonyl (C=O) groups is 2. The highest BCUT2D eigenvalue weighted by Gasteiger charge is 2.34. The van der Waals surface area contributed by atoms with E-state index in [-0.39, 0.29) is 18.0 Å². The Labute approximate surface area is 194 Å². The SMILES string of the molecule is C=CC(=O)N1CCN(Cc2ccc(CNc3nccc(N4C(=O)OCC4CC)n3)cc2)CC1. The molecule has 2 saturated heterocycles. The first-order valence-electron chi connectivity index (χ1n) is 11.3. The minimum absolute atomic E-state index is 0.00162. The van der Waals surface area contributed by atoms with Crippen molar-refractivity contribution in [3.05, 3.63) is 60.3 Å². The molecule has 2 fully saturated rings. The van der Waals surface area contributed by atoms with Crippen LogP contribution < -0.4 is 10.2 Å². The van der Waals surface area contributed by atoms with E-state index in [0.29, 0.717) is 24.9 Å². The summed E-state index contributed by atoms with van der Waals surface area (Å²) in [6.45, 7) is 10.6. The van der Waals surface area contributed by atoms with Crippen molar-refractivity contribution >= 4 is 23.8 Å². The van der Waals surface area contributed by atoms with Crippen molar-refractivity contribution in [1.82, 2.24) is 19.8 Å². The Balaban J connectivity index is 1.29. The maximum atomic E-state index is 12.1. The summed E-state index contributed by atoms with van der Waals surface area (Å²) < 4.78 is 5.16. The van der Waals surface area contributed by atoms with Crippen LogP contribution in [0.25, 0.3) is 0 Å². The lowest BCUT2D eigenvalue weighted by Crippen LogP contribution is -2.47. The fraction of sp³-hybridized carbons (Fsp3) is 0.417. The molecule has 2 amide bonds. The summed E-state index contributed by atoms with van der Waals surface area (Å²) in [6, 6.07) is 10.2. The van der Waals surface area contributed by atoms with Gasteiger partial charge < -0.3 is 15.0 Å². The number of anilines is 2. The smallest absolute Gasteiger partial charge is 0.415 e. The van der Waals surface area contributed by atoms with Crippen molar-refractivity contribution < 1.29 is 14.3 Å². The van der Waals surface area contributed by atoms with Crippen LogP contribution in [-0.4, -0.2) is 70.6 Å². The average Bonchev–Trinajstić information content (AvgIpc) is 3.24. The second-order valence-corrected chi connectivity index (χ2v) is 8.22. The van der Waals surface area contributed by atoms with Gasteiger partial charge in [-0.2, -0.15) is 4.98 Å². The third-order valence-electron chi connectivity index (χ3n) is 6.06. The van der Waals surface area contributed by atoms with Gasteiger partial charge >= 0.3 is 6.09 Å². The molecule has 1 aromatic carbocycles. The highest BCUT2D eigenvalue weighted by Crippen LogP contribution is 2.23. The number of nitrogens with zero attached hydrogens (tertiary/aromatic N) is 5. The minimum Gasteiger partial charge on any atom is -0.447 e. The van der Waals surface area contributed by atoms with Crippen LogP contribution in [0.2, 0.25) is 0 Å². The lowest BCUT2D eigenvalue weighted by molar-refractivity contribution is -0.127. The van der Waals surface area contributed by atoms with Gasteiger partial charge in [0.1, 0.15) is 12.4 Å². The molecular weight excluding hydrogens is 420 g/mol. The van der Waals surface area contributed by atoms with E-state index in [1.54, 1.807) is 17.2 Å². The lowest BCUT2D eigenvalue weighted by atomic mass is 10.1. The third kappa shape index (κ3) is 5.48. The Morgan fingerprint density at radius 2 is 1.91 bits per heavy atom. The van der Waals surface area contributed by atoms with E-state index in [0.717, 1.165) is 44.7 Å². The van der Waals surface area contributed by atoms with Gasteiger partial charge in [-0.3, -0.25) is 14.6 Å². The molecule has 2 aromatic rings. The number of piperazine rings is 1. The van der Waals surface area contributed by atoms with Crippen LogP contribution in [0, 0.1) is 0 Å². The first-order valence-corrected chi connectivity index (χ1v) is 11.3. The zero-order valence-corrected chi connectivity index (χ0v) is 18.9. The number of nitrogens with one attached hydrogen (secondary N) is 1. The molecule has 1 aromatic heterocycles. The van der Waals surface area contributed by atoms with E-state index in [1.165, 1.54) is 11.6 Å². The average molecular weight is 451 g/mol. The molecule has 1 atom stereocenters. The van der Waals surface area contributed by atoms with Crippen molar-refractivity contribution in [1.29, 1.82) is 0 Å². The summed E-state index contributed by atoms with van der Waals surface area (Å²) in [5.41, 5.74) is 2.35. The molecule has 174 valence electrons. The number of benzene rings is 1. The highest BCUT2D eigenvalue weighted by atomic mass is 16.6. The summed E-state index contributed by atoms with van der Waals surface area (Å²) in [4.78, 5) is 38.3. The van der Waals surface area contributed by atoms with Crippen molar-refractivity contribution in [3.8, 4) is 0 Å². The van der Waals surface area contributed by atoms with E-state index < -0.39 is 0 Å². The summed E-state index contributed by atoms with van der Waals surface area (Å²) >= 11 is 0. The van der Waals surface area contributed by atoms with Crippen molar-refractivity contribution in [2.75, 3.05) is 43.0 Å². The Morgan fingerprint density at radius 1 is 1.18 bits per heavy atom. The Kier molecular flexibility index (Phi) is 7.19. The molecule has 0 spiro atoms. The van der Waals surface area contributed by atoms with E-state index in [1.807, 2.05) is 11.8 Å². The molecule has 0 radical (unpaired) electrons. The summed E-state index contributed by atoms with van der Waals surface area (Å²) in [7, 11) is 0. The maximum Gasteiger partial charge on any atom is 0.415 e. The summed E-state index contributed by atoms with van der Waals surface area (Å²) in [6.07, 6.45) is 3.46. The van der Waals surface area contributed by atoms with Gasteiger partial charge in [0.15, 0.2) is 0 Å². The number of rotatable bonds is 8. The largest absolute Gasteiger partial charge is 0.447 e. The van der Waals surface area contributed by atoms with Gasteiger partial charge in [0.2, 0.25) is 11.9 Å². The molecule has 0 aliphatic carbocycles. The number of carbonyl (C=O) groups excluding carboxylic acids is 2. The molecule has 9 nitrogen and oxygen atoms in total. The number of hydrogen-bond acceptors (Lipinski definition) is 7.